The minimum Gasteiger partial charge on any atom is -0.487 e. The van der Waals surface area contributed by atoms with Gasteiger partial charge in [-0.05, 0) is 19.1 Å². The molecule has 0 aromatic heterocycles. The highest BCUT2D eigenvalue weighted by atomic mass is 32.2. The van der Waals surface area contributed by atoms with Gasteiger partial charge in [0, 0.05) is 16.7 Å². The third-order valence-corrected chi connectivity index (χ3v) is 3.26. The number of fused-ring (bicyclic) bond motifs is 1. The van der Waals surface area contributed by atoms with Crippen LogP contribution >= 0.6 is 11.8 Å². The van der Waals surface area contributed by atoms with Crippen LogP contribution in [0.3, 0.4) is 0 Å². The van der Waals surface area contributed by atoms with Crippen LogP contribution in [0.4, 0.5) is 0 Å². The lowest BCUT2D eigenvalue weighted by atomic mass is 10.2. The van der Waals surface area contributed by atoms with Crippen LogP contribution in [0.5, 0.6) is 5.75 Å². The highest BCUT2D eigenvalue weighted by Gasteiger charge is 2.22. The van der Waals surface area contributed by atoms with E-state index >= 15 is 0 Å². The molecule has 3 heteroatoms. The van der Waals surface area contributed by atoms with Crippen molar-refractivity contribution in [3.63, 3.8) is 0 Å². The molecule has 2 rings (SSSR count). The van der Waals surface area contributed by atoms with Gasteiger partial charge in [0.1, 0.15) is 11.9 Å². The Balaban J connectivity index is 2.20. The molecule has 1 unspecified atom stereocenters. The smallest absolute Gasteiger partial charge is 0.133 e. The number of para-hydroxylation sites is 1. The Morgan fingerprint density at radius 1 is 1.54 bits per heavy atom. The van der Waals surface area contributed by atoms with E-state index in [-0.39, 0.29) is 12.1 Å². The Morgan fingerprint density at radius 2 is 2.31 bits per heavy atom. The minimum absolute atomic E-state index is 0.0980. The van der Waals surface area contributed by atoms with Gasteiger partial charge in [-0.2, -0.15) is 0 Å². The molecular weight excluding hydrogens is 182 g/mol. The van der Waals surface area contributed by atoms with Crippen LogP contribution in [0.1, 0.15) is 6.92 Å². The molecule has 70 valence electrons. The summed E-state index contributed by atoms with van der Waals surface area (Å²) in [5, 5.41) is 0. The standard InChI is InChI=1S/C10H13NOS/c1-7(11)9-6-13-10-5-3-2-4-8(10)12-9/h2-5,7,9H,6,11H2,1H3/t7-,9?/m1/s1. The lowest BCUT2D eigenvalue weighted by Gasteiger charge is -2.27. The van der Waals surface area contributed by atoms with E-state index < -0.39 is 0 Å². The quantitative estimate of drug-likeness (QED) is 0.743. The molecule has 2 nitrogen and oxygen atoms in total. The number of ether oxygens (including phenoxy) is 1. The molecule has 0 saturated carbocycles. The predicted octanol–water partition coefficient (Wildman–Crippen LogP) is 1.89. The topological polar surface area (TPSA) is 35.2 Å². The maximum absolute atomic E-state index is 5.79. The monoisotopic (exact) mass is 195 g/mol. The van der Waals surface area contributed by atoms with Crippen LogP contribution in [0.25, 0.3) is 0 Å². The molecule has 1 aromatic carbocycles. The Bertz CT molecular complexity index is 301. The first-order valence-electron chi connectivity index (χ1n) is 4.41. The van der Waals surface area contributed by atoms with E-state index in [1.807, 2.05) is 36.9 Å². The van der Waals surface area contributed by atoms with Crippen molar-refractivity contribution >= 4 is 11.8 Å². The van der Waals surface area contributed by atoms with Gasteiger partial charge in [-0.1, -0.05) is 12.1 Å². The number of hydrogen-bond donors (Lipinski definition) is 1. The van der Waals surface area contributed by atoms with Gasteiger partial charge < -0.3 is 10.5 Å². The van der Waals surface area contributed by atoms with Gasteiger partial charge in [0.05, 0.1) is 0 Å². The molecule has 2 N–H and O–H groups in total. The van der Waals surface area contributed by atoms with Crippen molar-refractivity contribution in [2.45, 2.75) is 24.0 Å². The SMILES string of the molecule is C[C@@H](N)C1CSc2ccccc2O1. The highest BCUT2D eigenvalue weighted by Crippen LogP contribution is 2.35. The number of benzene rings is 1. The van der Waals surface area contributed by atoms with Crippen molar-refractivity contribution < 1.29 is 4.74 Å². The molecule has 0 bridgehead atoms. The molecule has 2 atom stereocenters. The van der Waals surface area contributed by atoms with Crippen molar-refractivity contribution in [1.82, 2.24) is 0 Å². The summed E-state index contributed by atoms with van der Waals surface area (Å²) < 4.78 is 5.75. The molecule has 0 radical (unpaired) electrons. The average Bonchev–Trinajstić information content (AvgIpc) is 2.17. The lowest BCUT2D eigenvalue weighted by molar-refractivity contribution is 0.191. The number of rotatable bonds is 1. The first kappa shape index (κ1) is 8.91. The highest BCUT2D eigenvalue weighted by molar-refractivity contribution is 7.99. The summed E-state index contributed by atoms with van der Waals surface area (Å²) in [7, 11) is 0. The summed E-state index contributed by atoms with van der Waals surface area (Å²) in [4.78, 5) is 1.22. The zero-order valence-electron chi connectivity index (χ0n) is 7.57. The van der Waals surface area contributed by atoms with Crippen LogP contribution in [0, 0.1) is 0 Å². The van der Waals surface area contributed by atoms with Crippen molar-refractivity contribution in [1.29, 1.82) is 0 Å². The van der Waals surface area contributed by atoms with E-state index in [2.05, 4.69) is 6.07 Å². The fourth-order valence-corrected chi connectivity index (χ4v) is 2.44. The molecule has 1 aromatic rings. The molecule has 1 aliphatic heterocycles. The third kappa shape index (κ3) is 1.81. The first-order valence-corrected chi connectivity index (χ1v) is 5.40. The summed E-state index contributed by atoms with van der Waals surface area (Å²) in [6.07, 6.45) is 0.153. The molecule has 13 heavy (non-hydrogen) atoms. The molecule has 1 heterocycles. The molecule has 0 saturated heterocycles. The molecule has 1 aliphatic rings. The Hall–Kier alpha value is -0.670. The van der Waals surface area contributed by atoms with Gasteiger partial charge in [-0.3, -0.25) is 0 Å². The summed E-state index contributed by atoms with van der Waals surface area (Å²) in [6.45, 7) is 1.99. The van der Waals surface area contributed by atoms with Crippen LogP contribution in [-0.4, -0.2) is 17.9 Å². The van der Waals surface area contributed by atoms with E-state index in [1.165, 1.54) is 4.90 Å². The van der Waals surface area contributed by atoms with Crippen molar-refractivity contribution in [3.05, 3.63) is 24.3 Å². The lowest BCUT2D eigenvalue weighted by Crippen LogP contribution is -2.39. The number of nitrogens with two attached hydrogens (primary N) is 1. The van der Waals surface area contributed by atoms with E-state index in [1.54, 1.807) is 0 Å². The molecule has 0 amide bonds. The van der Waals surface area contributed by atoms with Gasteiger partial charge >= 0.3 is 0 Å². The fraction of sp³-hybridized carbons (Fsp3) is 0.400. The predicted molar refractivity (Wildman–Crippen MR) is 55.2 cm³/mol. The van der Waals surface area contributed by atoms with E-state index in [0.29, 0.717) is 0 Å². The zero-order chi connectivity index (χ0) is 9.26. The van der Waals surface area contributed by atoms with Gasteiger partial charge in [-0.25, -0.2) is 0 Å². The summed E-state index contributed by atoms with van der Waals surface area (Å²) >= 11 is 1.82. The van der Waals surface area contributed by atoms with Gasteiger partial charge in [0.25, 0.3) is 0 Å². The summed E-state index contributed by atoms with van der Waals surface area (Å²) in [6, 6.07) is 8.19. The Morgan fingerprint density at radius 3 is 3.08 bits per heavy atom. The van der Waals surface area contributed by atoms with E-state index in [9.17, 15) is 0 Å². The number of thioether (sulfide) groups is 1. The summed E-state index contributed by atoms with van der Waals surface area (Å²) in [5.41, 5.74) is 5.79. The van der Waals surface area contributed by atoms with Gasteiger partial charge in [-0.15, -0.1) is 11.8 Å². The van der Waals surface area contributed by atoms with Gasteiger partial charge in [0.2, 0.25) is 0 Å². The van der Waals surface area contributed by atoms with Crippen LogP contribution in [0.15, 0.2) is 29.2 Å². The number of hydrogen-bond acceptors (Lipinski definition) is 3. The molecule has 0 fully saturated rings. The molecular formula is C10H13NOS. The van der Waals surface area contributed by atoms with Crippen LogP contribution in [-0.2, 0) is 0 Å². The maximum Gasteiger partial charge on any atom is 0.133 e. The van der Waals surface area contributed by atoms with Crippen LogP contribution < -0.4 is 10.5 Å². The average molecular weight is 195 g/mol. The van der Waals surface area contributed by atoms with E-state index in [0.717, 1.165) is 11.5 Å². The Kier molecular flexibility index (Phi) is 2.47. The second-order valence-electron chi connectivity index (χ2n) is 3.27. The molecule has 0 spiro atoms. The second kappa shape index (κ2) is 3.60. The van der Waals surface area contributed by atoms with Crippen molar-refractivity contribution in [2.75, 3.05) is 5.75 Å². The summed E-state index contributed by atoms with van der Waals surface area (Å²) in [5.74, 6) is 1.93. The van der Waals surface area contributed by atoms with E-state index in [4.69, 9.17) is 10.5 Å². The maximum atomic E-state index is 5.79. The Labute approximate surface area is 82.5 Å². The fourth-order valence-electron chi connectivity index (χ4n) is 1.29. The molecule has 0 aliphatic carbocycles. The third-order valence-electron chi connectivity index (χ3n) is 2.12. The second-order valence-corrected chi connectivity index (χ2v) is 4.33. The normalized spacial score (nSPS) is 23.1. The minimum atomic E-state index is 0.0980. The zero-order valence-corrected chi connectivity index (χ0v) is 8.38. The largest absolute Gasteiger partial charge is 0.487 e. The van der Waals surface area contributed by atoms with Crippen molar-refractivity contribution in [3.8, 4) is 5.75 Å². The van der Waals surface area contributed by atoms with Crippen LogP contribution in [0.2, 0.25) is 0 Å². The first-order chi connectivity index (χ1) is 6.27. The van der Waals surface area contributed by atoms with Gasteiger partial charge in [0.15, 0.2) is 0 Å². The van der Waals surface area contributed by atoms with Crippen molar-refractivity contribution in [2.24, 2.45) is 5.73 Å².